The molecule has 0 fully saturated rings. The van der Waals surface area contributed by atoms with E-state index in [1.165, 1.54) is 0 Å². The lowest BCUT2D eigenvalue weighted by atomic mass is 10.2. The van der Waals surface area contributed by atoms with E-state index in [1.54, 1.807) is 0 Å². The molecule has 0 unspecified atom stereocenters. The fourth-order valence-corrected chi connectivity index (χ4v) is 1.71. The number of aliphatic hydroxyl groups is 1. The number of benzene rings is 1. The fourth-order valence-electron chi connectivity index (χ4n) is 1.71. The summed E-state index contributed by atoms with van der Waals surface area (Å²) in [6.45, 7) is 2.85. The molecule has 0 amide bonds. The summed E-state index contributed by atoms with van der Waals surface area (Å²) < 4.78 is 1.97. The van der Waals surface area contributed by atoms with Gasteiger partial charge >= 0.3 is 0 Å². The van der Waals surface area contributed by atoms with Crippen LogP contribution in [0.1, 0.15) is 19.2 Å². The van der Waals surface area contributed by atoms with Crippen molar-refractivity contribution in [3.63, 3.8) is 0 Å². The van der Waals surface area contributed by atoms with Gasteiger partial charge in [-0.3, -0.25) is 0 Å². The molecule has 1 N–H and O–H groups in total. The molecule has 0 bridgehead atoms. The Morgan fingerprint density at radius 1 is 1.19 bits per heavy atom. The molecule has 84 valence electrons. The predicted molar refractivity (Wildman–Crippen MR) is 61.7 cm³/mol. The molecule has 2 aromatic rings. The number of hydrogen-bond acceptors (Lipinski definition) is 3. The van der Waals surface area contributed by atoms with Gasteiger partial charge in [-0.1, -0.05) is 37.3 Å². The first-order valence-corrected chi connectivity index (χ1v) is 5.45. The Morgan fingerprint density at radius 2 is 1.94 bits per heavy atom. The standard InChI is InChI=1S/C12H15N3O/c1-2-8-15-11(9-16)13-14-12(15)10-6-4-3-5-7-10/h3-7,16H,2,8-9H2,1H3. The van der Waals surface area contributed by atoms with E-state index in [2.05, 4.69) is 17.1 Å². The minimum Gasteiger partial charge on any atom is -0.388 e. The molecule has 0 saturated heterocycles. The van der Waals surface area contributed by atoms with Crippen molar-refractivity contribution in [2.75, 3.05) is 0 Å². The fraction of sp³-hybridized carbons (Fsp3) is 0.333. The summed E-state index contributed by atoms with van der Waals surface area (Å²) in [6, 6.07) is 9.91. The van der Waals surface area contributed by atoms with Gasteiger partial charge in [-0.2, -0.15) is 0 Å². The first-order chi connectivity index (χ1) is 7.86. The summed E-state index contributed by atoms with van der Waals surface area (Å²) in [5.74, 6) is 1.45. The van der Waals surface area contributed by atoms with E-state index in [1.807, 2.05) is 34.9 Å². The molecule has 0 aliphatic heterocycles. The Morgan fingerprint density at radius 3 is 2.56 bits per heavy atom. The van der Waals surface area contributed by atoms with E-state index in [0.717, 1.165) is 24.4 Å². The van der Waals surface area contributed by atoms with Crippen LogP contribution in [0, 0.1) is 0 Å². The minimum atomic E-state index is -0.0696. The quantitative estimate of drug-likeness (QED) is 0.850. The van der Waals surface area contributed by atoms with E-state index in [9.17, 15) is 5.11 Å². The summed E-state index contributed by atoms with van der Waals surface area (Å²) in [7, 11) is 0. The van der Waals surface area contributed by atoms with E-state index in [-0.39, 0.29) is 6.61 Å². The molecule has 1 aromatic heterocycles. The molecular formula is C12H15N3O. The average molecular weight is 217 g/mol. The largest absolute Gasteiger partial charge is 0.388 e. The second-order valence-electron chi connectivity index (χ2n) is 3.62. The van der Waals surface area contributed by atoms with Gasteiger partial charge in [0.05, 0.1) is 0 Å². The average Bonchev–Trinajstić information content (AvgIpc) is 2.74. The van der Waals surface area contributed by atoms with Gasteiger partial charge in [0, 0.05) is 12.1 Å². The van der Waals surface area contributed by atoms with Crippen LogP contribution in [0.4, 0.5) is 0 Å². The minimum absolute atomic E-state index is 0.0696. The van der Waals surface area contributed by atoms with Crippen molar-refractivity contribution in [3.05, 3.63) is 36.2 Å². The summed E-state index contributed by atoms with van der Waals surface area (Å²) in [6.07, 6.45) is 0.991. The maximum Gasteiger partial charge on any atom is 0.164 e. The van der Waals surface area contributed by atoms with Crippen LogP contribution >= 0.6 is 0 Å². The molecule has 0 aliphatic rings. The van der Waals surface area contributed by atoms with Crippen molar-refractivity contribution >= 4 is 0 Å². The van der Waals surface area contributed by atoms with Crippen LogP contribution in [-0.2, 0) is 13.2 Å². The van der Waals surface area contributed by atoms with Gasteiger partial charge in [-0.05, 0) is 6.42 Å². The third-order valence-electron chi connectivity index (χ3n) is 2.45. The highest BCUT2D eigenvalue weighted by Gasteiger charge is 2.11. The number of aliphatic hydroxyl groups excluding tert-OH is 1. The SMILES string of the molecule is CCCn1c(CO)nnc1-c1ccccc1. The first-order valence-electron chi connectivity index (χ1n) is 5.45. The zero-order chi connectivity index (χ0) is 11.4. The molecule has 0 saturated carbocycles. The van der Waals surface area contributed by atoms with Crippen LogP contribution in [0.2, 0.25) is 0 Å². The van der Waals surface area contributed by atoms with Crippen molar-refractivity contribution in [1.29, 1.82) is 0 Å². The van der Waals surface area contributed by atoms with Gasteiger partial charge in [-0.15, -0.1) is 10.2 Å². The molecule has 0 radical (unpaired) electrons. The third kappa shape index (κ3) is 1.97. The van der Waals surface area contributed by atoms with Crippen LogP contribution in [0.25, 0.3) is 11.4 Å². The molecule has 0 aliphatic carbocycles. The van der Waals surface area contributed by atoms with Crippen LogP contribution < -0.4 is 0 Å². The number of nitrogens with zero attached hydrogens (tertiary/aromatic N) is 3. The van der Waals surface area contributed by atoms with Crippen molar-refractivity contribution in [2.24, 2.45) is 0 Å². The topological polar surface area (TPSA) is 50.9 Å². The van der Waals surface area contributed by atoms with Crippen LogP contribution in [0.15, 0.2) is 30.3 Å². The molecule has 1 aromatic carbocycles. The Hall–Kier alpha value is -1.68. The molecule has 4 nitrogen and oxygen atoms in total. The van der Waals surface area contributed by atoms with Gasteiger partial charge in [0.1, 0.15) is 6.61 Å². The van der Waals surface area contributed by atoms with Gasteiger partial charge in [-0.25, -0.2) is 0 Å². The highest BCUT2D eigenvalue weighted by molar-refractivity contribution is 5.54. The molecule has 2 rings (SSSR count). The van der Waals surface area contributed by atoms with Crippen LogP contribution in [-0.4, -0.2) is 19.9 Å². The first kappa shape index (κ1) is 10.8. The van der Waals surface area contributed by atoms with Crippen molar-refractivity contribution in [1.82, 2.24) is 14.8 Å². The number of hydrogen-bond donors (Lipinski definition) is 1. The zero-order valence-corrected chi connectivity index (χ0v) is 9.30. The Kier molecular flexibility index (Phi) is 3.31. The Balaban J connectivity index is 2.44. The van der Waals surface area contributed by atoms with Crippen molar-refractivity contribution in [3.8, 4) is 11.4 Å². The van der Waals surface area contributed by atoms with Gasteiger partial charge < -0.3 is 9.67 Å². The monoisotopic (exact) mass is 217 g/mol. The summed E-state index contributed by atoms with van der Waals surface area (Å²) in [5.41, 5.74) is 1.03. The maximum atomic E-state index is 9.18. The molecule has 4 heteroatoms. The van der Waals surface area contributed by atoms with Gasteiger partial charge in [0.2, 0.25) is 0 Å². The molecule has 0 atom stereocenters. The lowest BCUT2D eigenvalue weighted by Gasteiger charge is -2.07. The van der Waals surface area contributed by atoms with Crippen molar-refractivity contribution in [2.45, 2.75) is 26.5 Å². The highest BCUT2D eigenvalue weighted by atomic mass is 16.3. The number of rotatable bonds is 4. The van der Waals surface area contributed by atoms with Crippen molar-refractivity contribution < 1.29 is 5.11 Å². The zero-order valence-electron chi connectivity index (χ0n) is 9.30. The van der Waals surface area contributed by atoms with E-state index in [4.69, 9.17) is 0 Å². The van der Waals surface area contributed by atoms with Crippen LogP contribution in [0.3, 0.4) is 0 Å². The van der Waals surface area contributed by atoms with Gasteiger partial charge in [0.15, 0.2) is 11.6 Å². The highest BCUT2D eigenvalue weighted by Crippen LogP contribution is 2.18. The second-order valence-corrected chi connectivity index (χ2v) is 3.62. The van der Waals surface area contributed by atoms with E-state index < -0.39 is 0 Å². The predicted octanol–water partition coefficient (Wildman–Crippen LogP) is 1.85. The summed E-state index contributed by atoms with van der Waals surface area (Å²) in [4.78, 5) is 0. The third-order valence-corrected chi connectivity index (χ3v) is 2.45. The summed E-state index contributed by atoms with van der Waals surface area (Å²) in [5, 5.41) is 17.3. The van der Waals surface area contributed by atoms with E-state index >= 15 is 0 Å². The smallest absolute Gasteiger partial charge is 0.164 e. The normalized spacial score (nSPS) is 10.6. The lowest BCUT2D eigenvalue weighted by molar-refractivity contribution is 0.264. The Bertz CT molecular complexity index is 451. The second kappa shape index (κ2) is 4.90. The lowest BCUT2D eigenvalue weighted by Crippen LogP contribution is -2.05. The molecule has 16 heavy (non-hydrogen) atoms. The molecular weight excluding hydrogens is 202 g/mol. The molecule has 1 heterocycles. The summed E-state index contributed by atoms with van der Waals surface area (Å²) >= 11 is 0. The van der Waals surface area contributed by atoms with Gasteiger partial charge in [0.25, 0.3) is 0 Å². The maximum absolute atomic E-state index is 9.18. The van der Waals surface area contributed by atoms with E-state index in [0.29, 0.717) is 5.82 Å². The van der Waals surface area contributed by atoms with Crippen LogP contribution in [0.5, 0.6) is 0 Å². The number of aromatic nitrogens is 3. The Labute approximate surface area is 94.6 Å². The molecule has 0 spiro atoms.